The molecule has 0 radical (unpaired) electrons. The van der Waals surface area contributed by atoms with Gasteiger partial charge >= 0.3 is 0 Å². The molecular weight excluding hydrogens is 419 g/mol. The Balaban J connectivity index is 2.26. The summed E-state index contributed by atoms with van der Waals surface area (Å²) in [5.41, 5.74) is 1.72. The van der Waals surface area contributed by atoms with Crippen LogP contribution in [0.5, 0.6) is 0 Å². The average molecular weight is 427 g/mol. The largest absolute Gasteiger partial charge is 0.322 e. The van der Waals surface area contributed by atoms with E-state index in [0.29, 0.717) is 16.8 Å². The highest BCUT2D eigenvalue weighted by molar-refractivity contribution is 14.1. The molecule has 0 saturated carbocycles. The minimum Gasteiger partial charge on any atom is -0.322 e. The quantitative estimate of drug-likeness (QED) is 0.732. The van der Waals surface area contributed by atoms with Crippen molar-refractivity contribution in [2.45, 2.75) is 0 Å². The molecule has 0 saturated heterocycles. The van der Waals surface area contributed by atoms with E-state index >= 15 is 0 Å². The number of amides is 1. The van der Waals surface area contributed by atoms with Gasteiger partial charge < -0.3 is 5.32 Å². The Morgan fingerprint density at radius 1 is 1.26 bits per heavy atom. The first-order valence-corrected chi connectivity index (χ1v) is 7.24. The molecule has 0 aliphatic heterocycles. The van der Waals surface area contributed by atoms with Gasteiger partial charge in [0, 0.05) is 13.7 Å². The Hall–Kier alpha value is -1.39. The van der Waals surface area contributed by atoms with E-state index in [2.05, 4.69) is 43.8 Å². The van der Waals surface area contributed by atoms with Gasteiger partial charge in [-0.15, -0.1) is 0 Å². The predicted molar refractivity (Wildman–Crippen MR) is 86.0 cm³/mol. The van der Waals surface area contributed by atoms with Gasteiger partial charge in [-0.3, -0.25) is 4.79 Å². The second-order valence-corrected chi connectivity index (χ2v) is 5.85. The summed E-state index contributed by atoms with van der Waals surface area (Å²) in [6.45, 7) is 0. The van der Waals surface area contributed by atoms with E-state index in [0.717, 1.165) is 8.04 Å². The fraction of sp³-hybridized carbons (Fsp3) is 0. The molecule has 1 N–H and O–H groups in total. The maximum Gasteiger partial charge on any atom is 0.256 e. The second-order valence-electron chi connectivity index (χ2n) is 3.77. The Labute approximate surface area is 132 Å². The van der Waals surface area contributed by atoms with Gasteiger partial charge in [-0.1, -0.05) is 22.0 Å². The van der Waals surface area contributed by atoms with Crippen molar-refractivity contribution in [1.82, 2.24) is 0 Å². The van der Waals surface area contributed by atoms with Crippen molar-refractivity contribution in [3.8, 4) is 6.07 Å². The fourth-order valence-corrected chi connectivity index (χ4v) is 2.48. The minimum atomic E-state index is -0.194. The molecule has 0 heterocycles. The topological polar surface area (TPSA) is 52.9 Å². The van der Waals surface area contributed by atoms with Gasteiger partial charge in [0.15, 0.2) is 0 Å². The summed E-state index contributed by atoms with van der Waals surface area (Å²) in [4.78, 5) is 12.2. The molecule has 0 aromatic heterocycles. The van der Waals surface area contributed by atoms with Crippen LogP contribution in [-0.4, -0.2) is 5.91 Å². The van der Waals surface area contributed by atoms with E-state index in [1.807, 2.05) is 18.2 Å². The summed E-state index contributed by atoms with van der Waals surface area (Å²) < 4.78 is 1.72. The number of carbonyl (C=O) groups excluding carboxylic acids is 1. The lowest BCUT2D eigenvalue weighted by Crippen LogP contribution is -2.13. The molecule has 3 nitrogen and oxygen atoms in total. The van der Waals surface area contributed by atoms with Crippen molar-refractivity contribution in [2.75, 3.05) is 5.32 Å². The zero-order valence-electron chi connectivity index (χ0n) is 9.65. The smallest absolute Gasteiger partial charge is 0.256 e. The SMILES string of the molecule is N#Cc1cccc(NC(=O)c2cc(Br)ccc2I)c1. The van der Waals surface area contributed by atoms with Crippen LogP contribution in [0.25, 0.3) is 0 Å². The number of halogens is 2. The Bertz CT molecular complexity index is 679. The van der Waals surface area contributed by atoms with E-state index in [9.17, 15) is 4.79 Å². The van der Waals surface area contributed by atoms with Crippen molar-refractivity contribution in [2.24, 2.45) is 0 Å². The van der Waals surface area contributed by atoms with Gasteiger partial charge in [0.2, 0.25) is 0 Å². The molecule has 1 amide bonds. The van der Waals surface area contributed by atoms with Crippen molar-refractivity contribution < 1.29 is 4.79 Å². The molecule has 5 heteroatoms. The van der Waals surface area contributed by atoms with Crippen molar-refractivity contribution in [3.05, 3.63) is 61.6 Å². The van der Waals surface area contributed by atoms with Gasteiger partial charge in [-0.25, -0.2) is 0 Å². The number of nitriles is 1. The Morgan fingerprint density at radius 2 is 2.05 bits per heavy atom. The Morgan fingerprint density at radius 3 is 2.79 bits per heavy atom. The van der Waals surface area contributed by atoms with Gasteiger partial charge in [-0.2, -0.15) is 5.26 Å². The molecule has 0 aliphatic carbocycles. The summed E-state index contributed by atoms with van der Waals surface area (Å²) in [6.07, 6.45) is 0. The zero-order chi connectivity index (χ0) is 13.8. The first-order valence-electron chi connectivity index (χ1n) is 5.37. The predicted octanol–water partition coefficient (Wildman–Crippen LogP) is 4.18. The van der Waals surface area contributed by atoms with Crippen LogP contribution in [0.1, 0.15) is 15.9 Å². The van der Waals surface area contributed by atoms with E-state index in [-0.39, 0.29) is 5.91 Å². The number of hydrogen-bond acceptors (Lipinski definition) is 2. The van der Waals surface area contributed by atoms with Crippen LogP contribution in [0.3, 0.4) is 0 Å². The van der Waals surface area contributed by atoms with Crippen molar-refractivity contribution >= 4 is 50.1 Å². The number of anilines is 1. The van der Waals surface area contributed by atoms with Crippen LogP contribution in [0.4, 0.5) is 5.69 Å². The molecule has 0 fully saturated rings. The average Bonchev–Trinajstić information content (AvgIpc) is 2.41. The number of nitrogens with one attached hydrogen (secondary N) is 1. The third-order valence-corrected chi connectivity index (χ3v) is 3.86. The number of nitrogens with zero attached hydrogens (tertiary/aromatic N) is 1. The Kier molecular flexibility index (Phi) is 4.56. The number of hydrogen-bond donors (Lipinski definition) is 1. The molecule has 2 aromatic carbocycles. The van der Waals surface area contributed by atoms with Crippen LogP contribution in [-0.2, 0) is 0 Å². The molecular formula is C14H8BrIN2O. The van der Waals surface area contributed by atoms with Crippen LogP contribution < -0.4 is 5.32 Å². The monoisotopic (exact) mass is 426 g/mol. The molecule has 0 aliphatic rings. The van der Waals surface area contributed by atoms with E-state index in [4.69, 9.17) is 5.26 Å². The zero-order valence-corrected chi connectivity index (χ0v) is 13.4. The first kappa shape index (κ1) is 14.0. The lowest BCUT2D eigenvalue weighted by atomic mass is 10.2. The van der Waals surface area contributed by atoms with Gasteiger partial charge in [0.1, 0.15) is 0 Å². The highest BCUT2D eigenvalue weighted by Crippen LogP contribution is 2.20. The molecule has 94 valence electrons. The highest BCUT2D eigenvalue weighted by Gasteiger charge is 2.10. The van der Waals surface area contributed by atoms with E-state index in [1.54, 1.807) is 30.3 Å². The highest BCUT2D eigenvalue weighted by atomic mass is 127. The standard InChI is InChI=1S/C14H8BrIN2O/c15-10-4-5-13(16)12(7-10)14(19)18-11-3-1-2-9(6-11)8-17/h1-7H,(H,18,19). The van der Waals surface area contributed by atoms with E-state index < -0.39 is 0 Å². The summed E-state index contributed by atoms with van der Waals surface area (Å²) in [7, 11) is 0. The summed E-state index contributed by atoms with van der Waals surface area (Å²) in [5, 5.41) is 11.6. The lowest BCUT2D eigenvalue weighted by molar-refractivity contribution is 0.102. The molecule has 19 heavy (non-hydrogen) atoms. The van der Waals surface area contributed by atoms with Gasteiger partial charge in [0.25, 0.3) is 5.91 Å². The molecule has 0 spiro atoms. The third kappa shape index (κ3) is 3.55. The van der Waals surface area contributed by atoms with Crippen LogP contribution in [0, 0.1) is 14.9 Å². The molecule has 2 aromatic rings. The maximum absolute atomic E-state index is 12.2. The molecule has 0 unspecified atom stereocenters. The minimum absolute atomic E-state index is 0.194. The van der Waals surface area contributed by atoms with E-state index in [1.165, 1.54) is 0 Å². The van der Waals surface area contributed by atoms with Crippen molar-refractivity contribution in [1.29, 1.82) is 5.26 Å². The second kappa shape index (κ2) is 6.17. The first-order chi connectivity index (χ1) is 9.10. The summed E-state index contributed by atoms with van der Waals surface area (Å²) >= 11 is 5.46. The third-order valence-electron chi connectivity index (χ3n) is 2.42. The van der Waals surface area contributed by atoms with Crippen LogP contribution >= 0.6 is 38.5 Å². The van der Waals surface area contributed by atoms with Gasteiger partial charge in [0.05, 0.1) is 17.2 Å². The van der Waals surface area contributed by atoms with Crippen molar-refractivity contribution in [3.63, 3.8) is 0 Å². The molecule has 0 bridgehead atoms. The number of rotatable bonds is 2. The summed E-state index contributed by atoms with van der Waals surface area (Å²) in [5.74, 6) is -0.194. The van der Waals surface area contributed by atoms with Crippen LogP contribution in [0.2, 0.25) is 0 Å². The summed E-state index contributed by atoms with van der Waals surface area (Å²) in [6, 6.07) is 14.4. The molecule has 2 rings (SSSR count). The lowest BCUT2D eigenvalue weighted by Gasteiger charge is -2.07. The normalized spacial score (nSPS) is 9.74. The number of benzene rings is 2. The fourth-order valence-electron chi connectivity index (χ4n) is 1.54. The number of carbonyl (C=O) groups is 1. The molecule has 0 atom stereocenters. The van der Waals surface area contributed by atoms with Crippen LogP contribution in [0.15, 0.2) is 46.9 Å². The van der Waals surface area contributed by atoms with Gasteiger partial charge in [-0.05, 0) is 59.0 Å². The maximum atomic E-state index is 12.2.